The molecule has 0 spiro atoms. The average Bonchev–Trinajstić information content (AvgIpc) is 2.62. The van der Waals surface area contributed by atoms with Gasteiger partial charge in [0, 0.05) is 5.56 Å². The van der Waals surface area contributed by atoms with Crippen molar-refractivity contribution in [2.24, 2.45) is 0 Å². The van der Waals surface area contributed by atoms with E-state index in [1.165, 1.54) is 12.1 Å². The summed E-state index contributed by atoms with van der Waals surface area (Å²) in [6.07, 6.45) is -3.15. The smallest absolute Gasteiger partial charge is 0.270 e. The third-order valence-corrected chi connectivity index (χ3v) is 12.4. The maximum Gasteiger partial charge on any atom is 0.270 e. The van der Waals surface area contributed by atoms with E-state index in [-0.39, 0.29) is 33.5 Å². The van der Waals surface area contributed by atoms with E-state index in [0.717, 1.165) is 12.1 Å². The molecule has 0 fully saturated rings. The monoisotopic (exact) mass is 508 g/mol. The summed E-state index contributed by atoms with van der Waals surface area (Å²) in [5, 5.41) is 0. The van der Waals surface area contributed by atoms with Crippen LogP contribution in [0.4, 0.5) is 22.0 Å². The highest BCUT2D eigenvalue weighted by Crippen LogP contribution is 2.46. The fourth-order valence-corrected chi connectivity index (χ4v) is 9.84. The van der Waals surface area contributed by atoms with Gasteiger partial charge in [0.05, 0.1) is 10.0 Å². The topological polar surface area (TPSA) is 9.23 Å². The number of hydrogen-bond donors (Lipinski definition) is 0. The van der Waals surface area contributed by atoms with Gasteiger partial charge in [-0.2, -0.15) is 0 Å². The summed E-state index contributed by atoms with van der Waals surface area (Å²) in [4.78, 5) is 0. The Morgan fingerprint density at radius 1 is 0.833 bits per heavy atom. The summed E-state index contributed by atoms with van der Waals surface area (Å²) in [5.74, 6) is -3.33. The second-order valence-corrected chi connectivity index (χ2v) is 14.5. The van der Waals surface area contributed by atoms with Gasteiger partial charge in [0.25, 0.3) is 14.7 Å². The van der Waals surface area contributed by atoms with Crippen molar-refractivity contribution in [2.45, 2.75) is 64.6 Å². The molecule has 0 aliphatic carbocycles. The minimum Gasteiger partial charge on any atom is -0.542 e. The van der Waals surface area contributed by atoms with Gasteiger partial charge in [0.1, 0.15) is 23.2 Å². The van der Waals surface area contributed by atoms with Crippen LogP contribution < -0.4 is 4.43 Å². The van der Waals surface area contributed by atoms with Crippen LogP contribution in [0.15, 0.2) is 28.7 Å². The highest BCUT2D eigenvalue weighted by atomic mass is 79.9. The van der Waals surface area contributed by atoms with E-state index in [0.29, 0.717) is 0 Å². The predicted molar refractivity (Wildman–Crippen MR) is 116 cm³/mol. The molecule has 0 amide bonds. The molecule has 30 heavy (non-hydrogen) atoms. The van der Waals surface area contributed by atoms with Crippen LogP contribution >= 0.6 is 15.9 Å². The molecule has 0 atom stereocenters. The van der Waals surface area contributed by atoms with E-state index < -0.39 is 42.2 Å². The first kappa shape index (κ1) is 24.9. The Balaban J connectivity index is 2.69. The van der Waals surface area contributed by atoms with Crippen LogP contribution in [0.1, 0.15) is 53.5 Å². The molecule has 0 saturated carbocycles. The van der Waals surface area contributed by atoms with Gasteiger partial charge in [-0.3, -0.25) is 0 Å². The van der Waals surface area contributed by atoms with E-state index in [2.05, 4.69) is 15.9 Å². The fraction of sp³-hybridized carbons (Fsp3) is 0.455. The maximum atomic E-state index is 15.2. The van der Waals surface area contributed by atoms with Crippen molar-refractivity contribution in [2.75, 3.05) is 0 Å². The van der Waals surface area contributed by atoms with Crippen LogP contribution in [0.5, 0.6) is 5.75 Å². The van der Waals surface area contributed by atoms with Gasteiger partial charge in [-0.15, -0.1) is 0 Å². The van der Waals surface area contributed by atoms with Crippen molar-refractivity contribution in [1.29, 1.82) is 0 Å². The fourth-order valence-electron chi connectivity index (χ4n) is 4.35. The van der Waals surface area contributed by atoms with Gasteiger partial charge in [0.15, 0.2) is 0 Å². The van der Waals surface area contributed by atoms with Crippen molar-refractivity contribution in [3.8, 4) is 16.9 Å². The number of benzene rings is 2. The van der Waals surface area contributed by atoms with Crippen molar-refractivity contribution in [3.05, 3.63) is 51.8 Å². The van der Waals surface area contributed by atoms with Gasteiger partial charge in [0.2, 0.25) is 0 Å². The van der Waals surface area contributed by atoms with Gasteiger partial charge < -0.3 is 4.43 Å². The van der Waals surface area contributed by atoms with Crippen molar-refractivity contribution in [1.82, 2.24) is 0 Å². The Morgan fingerprint density at radius 2 is 1.30 bits per heavy atom. The summed E-state index contributed by atoms with van der Waals surface area (Å²) >= 11 is 2.75. The lowest BCUT2D eigenvalue weighted by Gasteiger charge is -2.42. The standard InChI is InChI=1S/C22H26BrF5OSi/c1-11(2)30(12(3)4,13(5)6)29-18-8-7-15(21(26)19(18)22(27)28)14-9-16(24)20(23)17(25)10-14/h7-13,22H,1-6H3. The normalized spacial score (nSPS) is 12.5. The SMILES string of the molecule is CC(C)[Si](Oc1ccc(-c2cc(F)c(Br)c(F)c2)c(F)c1C(F)F)(C(C)C)C(C)C. The highest BCUT2D eigenvalue weighted by molar-refractivity contribution is 9.10. The van der Waals surface area contributed by atoms with Gasteiger partial charge in [-0.25, -0.2) is 22.0 Å². The summed E-state index contributed by atoms with van der Waals surface area (Å²) in [7, 11) is -2.62. The molecular formula is C22H26BrF5OSi. The maximum absolute atomic E-state index is 15.2. The van der Waals surface area contributed by atoms with E-state index in [1.807, 2.05) is 41.5 Å². The minimum atomic E-state index is -3.15. The Hall–Kier alpha value is -1.41. The third-order valence-electron chi connectivity index (χ3n) is 5.65. The molecule has 0 saturated heterocycles. The zero-order chi connectivity index (χ0) is 23.0. The summed E-state index contributed by atoms with van der Waals surface area (Å²) in [6, 6.07) is 4.32. The van der Waals surface area contributed by atoms with Crippen LogP contribution in [0.2, 0.25) is 16.6 Å². The van der Waals surface area contributed by atoms with E-state index >= 15 is 4.39 Å². The number of halogens is 6. The molecule has 1 nitrogen and oxygen atoms in total. The zero-order valence-corrected chi connectivity index (χ0v) is 20.4. The summed E-state index contributed by atoms with van der Waals surface area (Å²) in [6.45, 7) is 12.0. The average molecular weight is 509 g/mol. The van der Waals surface area contributed by atoms with Crippen LogP contribution in [0, 0.1) is 17.5 Å². The molecule has 0 heterocycles. The first-order chi connectivity index (χ1) is 13.8. The Bertz CT molecular complexity index is 870. The van der Waals surface area contributed by atoms with Gasteiger partial charge in [-0.1, -0.05) is 41.5 Å². The first-order valence-corrected chi connectivity index (χ1v) is 12.7. The molecule has 0 unspecified atom stereocenters. The molecule has 0 aliphatic rings. The molecule has 0 N–H and O–H groups in total. The number of hydrogen-bond acceptors (Lipinski definition) is 1. The zero-order valence-electron chi connectivity index (χ0n) is 17.8. The Labute approximate surface area is 183 Å². The Kier molecular flexibility index (Phi) is 7.77. The predicted octanol–water partition coefficient (Wildman–Crippen LogP) is 9.03. The molecule has 8 heteroatoms. The molecular weight excluding hydrogens is 483 g/mol. The van der Waals surface area contributed by atoms with Gasteiger partial charge >= 0.3 is 0 Å². The van der Waals surface area contributed by atoms with Crippen LogP contribution in [-0.4, -0.2) is 8.32 Å². The quantitative estimate of drug-likeness (QED) is 0.206. The number of alkyl halides is 2. The van der Waals surface area contributed by atoms with Crippen molar-refractivity contribution >= 4 is 24.2 Å². The lowest BCUT2D eigenvalue weighted by molar-refractivity contribution is 0.143. The molecule has 0 bridgehead atoms. The van der Waals surface area contributed by atoms with Crippen LogP contribution in [-0.2, 0) is 0 Å². The van der Waals surface area contributed by atoms with Crippen molar-refractivity contribution in [3.63, 3.8) is 0 Å². The third kappa shape index (κ3) is 4.44. The largest absolute Gasteiger partial charge is 0.542 e. The lowest BCUT2D eigenvalue weighted by atomic mass is 10.0. The first-order valence-electron chi connectivity index (χ1n) is 9.78. The number of rotatable bonds is 7. The minimum absolute atomic E-state index is 0.0976. The van der Waals surface area contributed by atoms with E-state index in [9.17, 15) is 17.6 Å². The molecule has 2 rings (SSSR count). The lowest BCUT2D eigenvalue weighted by Crippen LogP contribution is -2.50. The molecule has 0 aromatic heterocycles. The molecule has 2 aromatic carbocycles. The molecule has 166 valence electrons. The van der Waals surface area contributed by atoms with Crippen LogP contribution in [0.25, 0.3) is 11.1 Å². The molecule has 2 aromatic rings. The second-order valence-electron chi connectivity index (χ2n) is 8.31. The highest BCUT2D eigenvalue weighted by Gasteiger charge is 2.47. The van der Waals surface area contributed by atoms with E-state index in [4.69, 9.17) is 4.43 Å². The molecule has 0 aliphatic heterocycles. The van der Waals surface area contributed by atoms with Gasteiger partial charge in [-0.05, 0) is 62.4 Å². The van der Waals surface area contributed by atoms with Crippen molar-refractivity contribution < 1.29 is 26.4 Å². The van der Waals surface area contributed by atoms with E-state index in [1.54, 1.807) is 0 Å². The summed E-state index contributed by atoms with van der Waals surface area (Å²) in [5.41, 5.74) is -1.07. The van der Waals surface area contributed by atoms with Crippen LogP contribution in [0.3, 0.4) is 0 Å². The second kappa shape index (κ2) is 9.38. The molecule has 0 radical (unpaired) electrons. The summed E-state index contributed by atoms with van der Waals surface area (Å²) < 4.78 is 76.8. The Morgan fingerprint density at radius 3 is 1.70 bits per heavy atom.